The van der Waals surface area contributed by atoms with E-state index >= 15 is 0 Å². The van der Waals surface area contributed by atoms with Gasteiger partial charge in [0.05, 0.1) is 20.1 Å². The Labute approximate surface area is 112 Å². The molecule has 0 spiro atoms. The lowest BCUT2D eigenvalue weighted by atomic mass is 10.4. The molecule has 1 aromatic rings. The van der Waals surface area contributed by atoms with Gasteiger partial charge in [-0.3, -0.25) is 4.79 Å². The minimum Gasteiger partial charge on any atom is -0.469 e. The average Bonchev–Trinajstić information content (AvgIpc) is 2.79. The summed E-state index contributed by atoms with van der Waals surface area (Å²) in [5.41, 5.74) is 0. The maximum Gasteiger partial charge on any atom is 0.306 e. The van der Waals surface area contributed by atoms with Crippen molar-refractivity contribution in [1.29, 1.82) is 0 Å². The van der Waals surface area contributed by atoms with Gasteiger partial charge in [-0.1, -0.05) is 0 Å². The molecule has 1 N–H and O–H groups in total. The van der Waals surface area contributed by atoms with Gasteiger partial charge in [-0.05, 0) is 19.1 Å². The Kier molecular flexibility index (Phi) is 5.52. The monoisotopic (exact) mass is 290 g/mol. The standard InChI is InChI=1S/C11H18N2O5S/c1-9-4-5-10(18-9)8-12-19(15,16)13(2)7-6-11(14)17-3/h4-5,12H,6-8H2,1-3H3. The Morgan fingerprint density at radius 2 is 2.16 bits per heavy atom. The van der Waals surface area contributed by atoms with Crippen molar-refractivity contribution >= 4 is 16.2 Å². The van der Waals surface area contributed by atoms with Crippen molar-refractivity contribution in [3.05, 3.63) is 23.7 Å². The minimum atomic E-state index is -3.64. The third-order valence-electron chi connectivity index (χ3n) is 2.49. The number of rotatable bonds is 7. The fraction of sp³-hybridized carbons (Fsp3) is 0.545. The minimum absolute atomic E-state index is 0.00771. The van der Waals surface area contributed by atoms with E-state index in [1.165, 1.54) is 14.2 Å². The Morgan fingerprint density at radius 1 is 1.47 bits per heavy atom. The third kappa shape index (κ3) is 5.01. The van der Waals surface area contributed by atoms with Crippen molar-refractivity contribution in [2.45, 2.75) is 19.9 Å². The first-order chi connectivity index (χ1) is 8.85. The second-order valence-corrected chi connectivity index (χ2v) is 5.85. The molecule has 0 saturated carbocycles. The van der Waals surface area contributed by atoms with Crippen molar-refractivity contribution in [3.63, 3.8) is 0 Å². The molecule has 19 heavy (non-hydrogen) atoms. The van der Waals surface area contributed by atoms with Gasteiger partial charge >= 0.3 is 5.97 Å². The molecule has 1 aromatic heterocycles. The van der Waals surface area contributed by atoms with Crippen LogP contribution >= 0.6 is 0 Å². The van der Waals surface area contributed by atoms with Gasteiger partial charge in [0.2, 0.25) is 0 Å². The van der Waals surface area contributed by atoms with Crippen LogP contribution in [0.5, 0.6) is 0 Å². The van der Waals surface area contributed by atoms with E-state index in [2.05, 4.69) is 9.46 Å². The third-order valence-corrected chi connectivity index (χ3v) is 4.01. The molecule has 8 heteroatoms. The van der Waals surface area contributed by atoms with Crippen molar-refractivity contribution in [3.8, 4) is 0 Å². The van der Waals surface area contributed by atoms with Crippen LogP contribution in [0.4, 0.5) is 0 Å². The number of ether oxygens (including phenoxy) is 1. The molecule has 0 aromatic carbocycles. The predicted octanol–water partition coefficient (Wildman–Crippen LogP) is 0.417. The van der Waals surface area contributed by atoms with E-state index in [9.17, 15) is 13.2 Å². The summed E-state index contributed by atoms with van der Waals surface area (Å²) in [7, 11) is -0.992. The number of esters is 1. The van der Waals surface area contributed by atoms with Crippen LogP contribution in [0.3, 0.4) is 0 Å². The topological polar surface area (TPSA) is 88.8 Å². The molecular formula is C11H18N2O5S. The van der Waals surface area contributed by atoms with Gasteiger partial charge in [0.1, 0.15) is 11.5 Å². The SMILES string of the molecule is COC(=O)CCN(C)S(=O)(=O)NCc1ccc(C)o1. The van der Waals surface area contributed by atoms with E-state index < -0.39 is 16.2 Å². The van der Waals surface area contributed by atoms with E-state index in [4.69, 9.17) is 4.42 Å². The van der Waals surface area contributed by atoms with Gasteiger partial charge in [-0.25, -0.2) is 0 Å². The zero-order valence-electron chi connectivity index (χ0n) is 11.2. The lowest BCUT2D eigenvalue weighted by Crippen LogP contribution is -2.38. The highest BCUT2D eigenvalue weighted by Crippen LogP contribution is 2.07. The Balaban J connectivity index is 2.48. The highest BCUT2D eigenvalue weighted by Gasteiger charge is 2.18. The number of aryl methyl sites for hydroxylation is 1. The molecule has 0 unspecified atom stereocenters. The van der Waals surface area contributed by atoms with Gasteiger partial charge < -0.3 is 9.15 Å². The van der Waals surface area contributed by atoms with Crippen LogP contribution in [0.15, 0.2) is 16.5 Å². The zero-order chi connectivity index (χ0) is 14.5. The van der Waals surface area contributed by atoms with Crippen molar-refractivity contribution in [2.75, 3.05) is 20.7 Å². The second-order valence-electron chi connectivity index (χ2n) is 3.99. The Hall–Kier alpha value is -1.38. The summed E-state index contributed by atoms with van der Waals surface area (Å²) in [5, 5.41) is 0. The number of carbonyl (C=O) groups is 1. The lowest BCUT2D eigenvalue weighted by molar-refractivity contribution is -0.140. The second kappa shape index (κ2) is 6.69. The fourth-order valence-corrected chi connectivity index (χ4v) is 2.20. The molecule has 0 radical (unpaired) electrons. The van der Waals surface area contributed by atoms with Gasteiger partial charge in [-0.2, -0.15) is 17.4 Å². The molecule has 108 valence electrons. The average molecular weight is 290 g/mol. The first-order valence-corrected chi connectivity index (χ1v) is 7.12. The molecule has 7 nitrogen and oxygen atoms in total. The maximum atomic E-state index is 11.8. The first-order valence-electron chi connectivity index (χ1n) is 5.68. The van der Waals surface area contributed by atoms with E-state index in [1.54, 1.807) is 19.1 Å². The summed E-state index contributed by atoms with van der Waals surface area (Å²) in [6, 6.07) is 3.46. The Bertz CT molecular complexity index is 523. The molecule has 0 aliphatic heterocycles. The summed E-state index contributed by atoms with van der Waals surface area (Å²) in [4.78, 5) is 10.9. The summed E-state index contributed by atoms with van der Waals surface area (Å²) in [6.45, 7) is 1.90. The van der Waals surface area contributed by atoms with Crippen LogP contribution in [-0.2, 0) is 26.3 Å². The van der Waals surface area contributed by atoms with E-state index in [0.29, 0.717) is 11.5 Å². The number of furan rings is 1. The quantitative estimate of drug-likeness (QED) is 0.735. The molecule has 0 amide bonds. The summed E-state index contributed by atoms with van der Waals surface area (Å²) >= 11 is 0. The zero-order valence-corrected chi connectivity index (χ0v) is 12.0. The number of nitrogens with one attached hydrogen (secondary N) is 1. The van der Waals surface area contributed by atoms with Crippen LogP contribution in [-0.4, -0.2) is 39.4 Å². The Morgan fingerprint density at radius 3 is 2.68 bits per heavy atom. The largest absolute Gasteiger partial charge is 0.469 e. The number of nitrogens with zero attached hydrogens (tertiary/aromatic N) is 1. The molecule has 0 aliphatic carbocycles. The van der Waals surface area contributed by atoms with Crippen LogP contribution < -0.4 is 4.72 Å². The van der Waals surface area contributed by atoms with Gasteiger partial charge in [0.25, 0.3) is 10.2 Å². The summed E-state index contributed by atoms with van der Waals surface area (Å²) < 4.78 is 36.8. The molecular weight excluding hydrogens is 272 g/mol. The normalized spacial score (nSPS) is 11.8. The highest BCUT2D eigenvalue weighted by molar-refractivity contribution is 7.87. The van der Waals surface area contributed by atoms with E-state index in [-0.39, 0.29) is 19.5 Å². The summed E-state index contributed by atoms with van der Waals surface area (Å²) in [6.07, 6.45) is 0.00771. The number of hydrogen-bond acceptors (Lipinski definition) is 5. The number of hydrogen-bond donors (Lipinski definition) is 1. The van der Waals surface area contributed by atoms with E-state index in [0.717, 1.165) is 4.31 Å². The van der Waals surface area contributed by atoms with Gasteiger partial charge in [0, 0.05) is 13.6 Å². The molecule has 0 atom stereocenters. The van der Waals surface area contributed by atoms with Crippen molar-refractivity contribution < 1.29 is 22.4 Å². The molecule has 0 saturated heterocycles. The number of methoxy groups -OCH3 is 1. The predicted molar refractivity (Wildman–Crippen MR) is 68.5 cm³/mol. The van der Waals surface area contributed by atoms with Crippen molar-refractivity contribution in [1.82, 2.24) is 9.03 Å². The van der Waals surface area contributed by atoms with Crippen LogP contribution in [0, 0.1) is 6.92 Å². The molecule has 0 aliphatic rings. The fourth-order valence-electron chi connectivity index (χ4n) is 1.32. The molecule has 1 heterocycles. The molecule has 1 rings (SSSR count). The maximum absolute atomic E-state index is 11.8. The molecule has 0 bridgehead atoms. The van der Waals surface area contributed by atoms with Gasteiger partial charge in [-0.15, -0.1) is 0 Å². The smallest absolute Gasteiger partial charge is 0.306 e. The first kappa shape index (κ1) is 15.7. The van der Waals surface area contributed by atoms with Gasteiger partial charge in [0.15, 0.2) is 0 Å². The van der Waals surface area contributed by atoms with Crippen molar-refractivity contribution in [2.24, 2.45) is 0 Å². The lowest BCUT2D eigenvalue weighted by Gasteiger charge is -2.16. The number of carbonyl (C=O) groups excluding carboxylic acids is 1. The van der Waals surface area contributed by atoms with Crippen LogP contribution in [0.2, 0.25) is 0 Å². The van der Waals surface area contributed by atoms with Crippen LogP contribution in [0.1, 0.15) is 17.9 Å². The van der Waals surface area contributed by atoms with E-state index in [1.807, 2.05) is 0 Å². The highest BCUT2D eigenvalue weighted by atomic mass is 32.2. The molecule has 0 fully saturated rings. The summed E-state index contributed by atoms with van der Waals surface area (Å²) in [5.74, 6) is 0.791. The van der Waals surface area contributed by atoms with Crippen LogP contribution in [0.25, 0.3) is 0 Å².